The first kappa shape index (κ1) is 21.1. The van der Waals surface area contributed by atoms with Crippen LogP contribution in [0.1, 0.15) is 65.2 Å². The number of esters is 1. The van der Waals surface area contributed by atoms with Crippen LogP contribution in [-0.4, -0.2) is 52.4 Å². The molecule has 2 heterocycles. The van der Waals surface area contributed by atoms with E-state index in [4.69, 9.17) is 4.74 Å². The largest absolute Gasteiger partial charge is 0.455 e. The number of hydrogen-bond donors (Lipinski definition) is 3. The third-order valence-corrected chi connectivity index (χ3v) is 6.12. The van der Waals surface area contributed by atoms with Gasteiger partial charge in [0.15, 0.2) is 6.61 Å². The van der Waals surface area contributed by atoms with E-state index in [9.17, 15) is 24.0 Å². The standard InChI is InChI=1S/C19H28N4O6/c1-12-3-9-19(10-4-12)16(27)23(17(28)21-19)22-14(25)11-29-15(26)6-8-18(2)7-5-13(24)20-18/h12H,3-11H2,1-2H3,(H,20,24)(H,21,28)(H,22,25)/t12?,18-,19?/m0/s1. The van der Waals surface area contributed by atoms with Crippen molar-refractivity contribution in [2.24, 2.45) is 5.92 Å². The van der Waals surface area contributed by atoms with Crippen molar-refractivity contribution in [1.29, 1.82) is 0 Å². The van der Waals surface area contributed by atoms with Gasteiger partial charge >= 0.3 is 12.0 Å². The number of hydrazine groups is 1. The Balaban J connectivity index is 1.43. The molecule has 2 aliphatic heterocycles. The summed E-state index contributed by atoms with van der Waals surface area (Å²) >= 11 is 0. The first-order valence-electron chi connectivity index (χ1n) is 10.1. The monoisotopic (exact) mass is 408 g/mol. The van der Waals surface area contributed by atoms with Crippen LogP contribution in [0.15, 0.2) is 0 Å². The average Bonchev–Trinajstić information content (AvgIpc) is 3.13. The Kier molecular flexibility index (Phi) is 5.81. The Hall–Kier alpha value is -2.65. The van der Waals surface area contributed by atoms with Gasteiger partial charge in [0.2, 0.25) is 5.91 Å². The molecule has 29 heavy (non-hydrogen) atoms. The quantitative estimate of drug-likeness (QED) is 0.433. The minimum absolute atomic E-state index is 0.0426. The van der Waals surface area contributed by atoms with Gasteiger partial charge in [0.1, 0.15) is 5.54 Å². The van der Waals surface area contributed by atoms with Gasteiger partial charge in [-0.15, -0.1) is 0 Å². The van der Waals surface area contributed by atoms with E-state index in [0.29, 0.717) is 43.0 Å². The lowest BCUT2D eigenvalue weighted by molar-refractivity contribution is -0.151. The van der Waals surface area contributed by atoms with Crippen molar-refractivity contribution in [1.82, 2.24) is 21.1 Å². The van der Waals surface area contributed by atoms with E-state index in [2.05, 4.69) is 23.0 Å². The molecule has 1 aliphatic carbocycles. The van der Waals surface area contributed by atoms with E-state index in [1.54, 1.807) is 0 Å². The number of ether oxygens (including phenoxy) is 1. The maximum atomic E-state index is 12.7. The number of nitrogens with one attached hydrogen (secondary N) is 3. The van der Waals surface area contributed by atoms with E-state index in [0.717, 1.165) is 12.8 Å². The van der Waals surface area contributed by atoms with Gasteiger partial charge in [-0.3, -0.25) is 24.6 Å². The van der Waals surface area contributed by atoms with Crippen LogP contribution in [-0.2, 0) is 23.9 Å². The predicted octanol–water partition coefficient (Wildman–Crippen LogP) is 0.510. The molecule has 0 radical (unpaired) electrons. The van der Waals surface area contributed by atoms with Crippen LogP contribution in [0.5, 0.6) is 0 Å². The number of urea groups is 1. The van der Waals surface area contributed by atoms with Crippen molar-refractivity contribution in [3.8, 4) is 0 Å². The van der Waals surface area contributed by atoms with Gasteiger partial charge < -0.3 is 15.4 Å². The maximum Gasteiger partial charge on any atom is 0.344 e. The van der Waals surface area contributed by atoms with E-state index in [1.165, 1.54) is 0 Å². The molecule has 1 saturated carbocycles. The lowest BCUT2D eigenvalue weighted by Gasteiger charge is -2.33. The fourth-order valence-electron chi connectivity index (χ4n) is 4.11. The van der Waals surface area contributed by atoms with E-state index in [-0.39, 0.29) is 12.3 Å². The molecule has 10 nitrogen and oxygen atoms in total. The Morgan fingerprint density at radius 1 is 1.17 bits per heavy atom. The summed E-state index contributed by atoms with van der Waals surface area (Å²) in [5.74, 6) is -1.37. The summed E-state index contributed by atoms with van der Waals surface area (Å²) in [5.41, 5.74) is 0.836. The van der Waals surface area contributed by atoms with Gasteiger partial charge in [-0.2, -0.15) is 5.01 Å². The zero-order chi connectivity index (χ0) is 21.2. The van der Waals surface area contributed by atoms with Crippen LogP contribution in [0.25, 0.3) is 0 Å². The van der Waals surface area contributed by atoms with E-state index < -0.39 is 41.5 Å². The first-order chi connectivity index (χ1) is 13.6. The number of amides is 5. The fraction of sp³-hybridized carbons (Fsp3) is 0.737. The molecule has 0 unspecified atom stereocenters. The van der Waals surface area contributed by atoms with Gasteiger partial charge in [0.25, 0.3) is 11.8 Å². The summed E-state index contributed by atoms with van der Waals surface area (Å²) < 4.78 is 4.93. The summed E-state index contributed by atoms with van der Waals surface area (Å²) in [6.45, 7) is 3.36. The summed E-state index contributed by atoms with van der Waals surface area (Å²) in [4.78, 5) is 60.1. The van der Waals surface area contributed by atoms with Gasteiger partial charge in [0.05, 0.1) is 0 Å². The smallest absolute Gasteiger partial charge is 0.344 e. The number of nitrogens with zero attached hydrogens (tertiary/aromatic N) is 1. The number of rotatable bonds is 6. The van der Waals surface area contributed by atoms with Gasteiger partial charge in [-0.1, -0.05) is 6.92 Å². The molecule has 10 heteroatoms. The molecule has 1 spiro atoms. The zero-order valence-electron chi connectivity index (χ0n) is 16.8. The molecule has 0 aromatic carbocycles. The Morgan fingerprint density at radius 3 is 2.48 bits per heavy atom. The van der Waals surface area contributed by atoms with Crippen molar-refractivity contribution in [2.45, 2.75) is 76.3 Å². The first-order valence-corrected chi connectivity index (χ1v) is 10.1. The lowest BCUT2D eigenvalue weighted by Crippen LogP contribution is -2.52. The minimum Gasteiger partial charge on any atom is -0.455 e. The number of hydrogen-bond acceptors (Lipinski definition) is 6. The highest BCUT2D eigenvalue weighted by Crippen LogP contribution is 2.35. The third-order valence-electron chi connectivity index (χ3n) is 6.12. The highest BCUT2D eigenvalue weighted by Gasteiger charge is 2.52. The molecule has 1 atom stereocenters. The molecule has 0 aromatic rings. The molecule has 2 saturated heterocycles. The summed E-state index contributed by atoms with van der Waals surface area (Å²) in [5, 5.41) is 6.21. The summed E-state index contributed by atoms with van der Waals surface area (Å²) in [6.07, 6.45) is 4.26. The molecule has 3 N–H and O–H groups in total. The highest BCUT2D eigenvalue weighted by atomic mass is 16.5. The molecule has 5 amide bonds. The second-order valence-corrected chi connectivity index (χ2v) is 8.64. The van der Waals surface area contributed by atoms with Crippen LogP contribution in [0.3, 0.4) is 0 Å². The predicted molar refractivity (Wildman–Crippen MR) is 99.9 cm³/mol. The molecule has 3 aliphatic rings. The highest BCUT2D eigenvalue weighted by molar-refractivity contribution is 6.08. The van der Waals surface area contributed by atoms with Gasteiger partial charge in [-0.25, -0.2) is 4.79 Å². The van der Waals surface area contributed by atoms with Crippen molar-refractivity contribution in [3.05, 3.63) is 0 Å². The fourth-order valence-corrected chi connectivity index (χ4v) is 4.11. The Bertz CT molecular complexity index is 730. The van der Waals surface area contributed by atoms with Crippen LogP contribution in [0.4, 0.5) is 4.79 Å². The summed E-state index contributed by atoms with van der Waals surface area (Å²) in [6, 6.07) is -0.672. The van der Waals surface area contributed by atoms with Gasteiger partial charge in [-0.05, 0) is 51.4 Å². The van der Waals surface area contributed by atoms with Crippen molar-refractivity contribution in [3.63, 3.8) is 0 Å². The Morgan fingerprint density at radius 2 is 1.86 bits per heavy atom. The average molecular weight is 408 g/mol. The minimum atomic E-state index is -0.950. The third kappa shape index (κ3) is 4.68. The molecule has 0 aromatic heterocycles. The van der Waals surface area contributed by atoms with Crippen LogP contribution in [0, 0.1) is 5.92 Å². The van der Waals surface area contributed by atoms with Crippen molar-refractivity contribution >= 4 is 29.7 Å². The molecule has 3 rings (SSSR count). The number of carbonyl (C=O) groups is 5. The maximum absolute atomic E-state index is 12.7. The molecule has 3 fully saturated rings. The molecular formula is C19H28N4O6. The SMILES string of the molecule is CC1CCC2(CC1)NC(=O)N(NC(=O)COC(=O)CC[C@]1(C)CCC(=O)N1)C2=O. The normalized spacial score (nSPS) is 31.6. The Labute approximate surface area is 169 Å². The second-order valence-electron chi connectivity index (χ2n) is 8.64. The molecular weight excluding hydrogens is 380 g/mol. The van der Waals surface area contributed by atoms with E-state index in [1.807, 2.05) is 6.92 Å². The zero-order valence-corrected chi connectivity index (χ0v) is 16.8. The van der Waals surface area contributed by atoms with E-state index >= 15 is 0 Å². The second kappa shape index (κ2) is 8.00. The molecule has 160 valence electrons. The topological polar surface area (TPSA) is 134 Å². The number of carbonyl (C=O) groups excluding carboxylic acids is 5. The van der Waals surface area contributed by atoms with Crippen LogP contribution in [0.2, 0.25) is 0 Å². The van der Waals surface area contributed by atoms with Crippen molar-refractivity contribution in [2.75, 3.05) is 6.61 Å². The lowest BCUT2D eigenvalue weighted by atomic mass is 9.77. The van der Waals surface area contributed by atoms with Crippen LogP contribution < -0.4 is 16.1 Å². The van der Waals surface area contributed by atoms with Crippen molar-refractivity contribution < 1.29 is 28.7 Å². The number of imide groups is 1. The summed E-state index contributed by atoms with van der Waals surface area (Å²) in [7, 11) is 0. The molecule has 0 bridgehead atoms. The van der Waals surface area contributed by atoms with Gasteiger partial charge in [0, 0.05) is 18.4 Å². The van der Waals surface area contributed by atoms with Crippen LogP contribution >= 0.6 is 0 Å².